The maximum absolute atomic E-state index is 12.9. The third kappa shape index (κ3) is 4.37. The van der Waals surface area contributed by atoms with Crippen molar-refractivity contribution in [3.63, 3.8) is 0 Å². The van der Waals surface area contributed by atoms with Gasteiger partial charge in [-0.15, -0.1) is 0 Å². The van der Waals surface area contributed by atoms with E-state index in [2.05, 4.69) is 11.4 Å². The van der Waals surface area contributed by atoms with Crippen molar-refractivity contribution in [2.75, 3.05) is 32.7 Å². The average molecular weight is 405 g/mol. The largest absolute Gasteiger partial charge is 0.337 e. The summed E-state index contributed by atoms with van der Waals surface area (Å²) in [5, 5.41) is 12.3. The number of benzene rings is 1. The molecule has 1 aromatic carbocycles. The van der Waals surface area contributed by atoms with Crippen LogP contribution < -0.4 is 5.32 Å². The van der Waals surface area contributed by atoms with Crippen LogP contribution >= 0.6 is 0 Å². The number of nitrogens with one attached hydrogen (secondary N) is 1. The highest BCUT2D eigenvalue weighted by atomic mass is 32.2. The molecule has 2 aliphatic rings. The SMILES string of the molecule is Cc1ccc(S(=O)(=O)N2CCN(CC(=O)NC3(C#N)CCCC3)CC2)cc1C. The van der Waals surface area contributed by atoms with Gasteiger partial charge in [-0.05, 0) is 62.8 Å². The number of amides is 1. The zero-order valence-corrected chi connectivity index (χ0v) is 17.4. The zero-order chi connectivity index (χ0) is 20.4. The predicted octanol–water partition coefficient (Wildman–Crippen LogP) is 1.56. The Morgan fingerprint density at radius 2 is 1.79 bits per heavy atom. The summed E-state index contributed by atoms with van der Waals surface area (Å²) in [7, 11) is -3.52. The minimum absolute atomic E-state index is 0.158. The maximum atomic E-state index is 12.9. The molecule has 1 aliphatic heterocycles. The van der Waals surface area contributed by atoms with Crippen molar-refractivity contribution in [3.8, 4) is 6.07 Å². The molecule has 1 aliphatic carbocycles. The van der Waals surface area contributed by atoms with Gasteiger partial charge >= 0.3 is 0 Å². The molecule has 0 aromatic heterocycles. The minimum Gasteiger partial charge on any atom is -0.337 e. The number of hydrogen-bond acceptors (Lipinski definition) is 5. The summed E-state index contributed by atoms with van der Waals surface area (Å²) < 4.78 is 27.3. The lowest BCUT2D eigenvalue weighted by atomic mass is 10.00. The molecule has 7 nitrogen and oxygen atoms in total. The van der Waals surface area contributed by atoms with E-state index in [0.717, 1.165) is 24.0 Å². The predicted molar refractivity (Wildman–Crippen MR) is 106 cm³/mol. The van der Waals surface area contributed by atoms with Gasteiger partial charge in [0.1, 0.15) is 5.54 Å². The van der Waals surface area contributed by atoms with Gasteiger partial charge in [0, 0.05) is 26.2 Å². The second-order valence-corrected chi connectivity index (χ2v) is 9.81. The van der Waals surface area contributed by atoms with Crippen LogP contribution in [0, 0.1) is 25.2 Å². The summed E-state index contributed by atoms with van der Waals surface area (Å²) in [5.41, 5.74) is 1.30. The van der Waals surface area contributed by atoms with E-state index in [4.69, 9.17) is 0 Å². The molecule has 1 aromatic rings. The number of rotatable bonds is 5. The third-order valence-electron chi connectivity index (χ3n) is 5.86. The molecule has 1 amide bonds. The minimum atomic E-state index is -3.52. The van der Waals surface area contributed by atoms with Crippen LogP contribution in [0.15, 0.2) is 23.1 Å². The number of sulfonamides is 1. The van der Waals surface area contributed by atoms with Crippen molar-refractivity contribution in [3.05, 3.63) is 29.3 Å². The van der Waals surface area contributed by atoms with E-state index >= 15 is 0 Å². The maximum Gasteiger partial charge on any atom is 0.243 e. The lowest BCUT2D eigenvalue weighted by molar-refractivity contribution is -0.123. The van der Waals surface area contributed by atoms with Crippen molar-refractivity contribution in [2.45, 2.75) is 50.0 Å². The first-order valence-electron chi connectivity index (χ1n) is 9.78. The summed E-state index contributed by atoms with van der Waals surface area (Å²) in [6, 6.07) is 7.46. The number of hydrogen-bond donors (Lipinski definition) is 1. The van der Waals surface area contributed by atoms with Gasteiger partial charge in [-0.2, -0.15) is 9.57 Å². The highest BCUT2D eigenvalue weighted by molar-refractivity contribution is 7.89. The van der Waals surface area contributed by atoms with Crippen molar-refractivity contribution in [1.82, 2.24) is 14.5 Å². The molecule has 0 spiro atoms. The highest BCUT2D eigenvalue weighted by Crippen LogP contribution is 2.28. The lowest BCUT2D eigenvalue weighted by Crippen LogP contribution is -2.53. The fourth-order valence-electron chi connectivity index (χ4n) is 3.90. The van der Waals surface area contributed by atoms with Gasteiger partial charge in [0.2, 0.25) is 15.9 Å². The molecular weight excluding hydrogens is 376 g/mol. The summed E-state index contributed by atoms with van der Waals surface area (Å²) in [5.74, 6) is -0.158. The molecule has 0 atom stereocenters. The Balaban J connectivity index is 1.56. The zero-order valence-electron chi connectivity index (χ0n) is 16.6. The molecule has 1 heterocycles. The summed E-state index contributed by atoms with van der Waals surface area (Å²) >= 11 is 0. The number of carbonyl (C=O) groups is 1. The van der Waals surface area contributed by atoms with Gasteiger partial charge < -0.3 is 5.32 Å². The van der Waals surface area contributed by atoms with Crippen LogP contribution in [-0.4, -0.2) is 61.8 Å². The topological polar surface area (TPSA) is 93.5 Å². The quantitative estimate of drug-likeness (QED) is 0.804. The average Bonchev–Trinajstić information content (AvgIpc) is 3.13. The number of aryl methyl sites for hydroxylation is 2. The Labute approximate surface area is 167 Å². The first kappa shape index (κ1) is 20.8. The van der Waals surface area contributed by atoms with E-state index in [0.29, 0.717) is 43.9 Å². The van der Waals surface area contributed by atoms with Gasteiger partial charge in [0.05, 0.1) is 17.5 Å². The van der Waals surface area contributed by atoms with Gasteiger partial charge in [-0.1, -0.05) is 6.07 Å². The van der Waals surface area contributed by atoms with Crippen LogP contribution in [0.1, 0.15) is 36.8 Å². The molecular formula is C20H28N4O3S. The fraction of sp³-hybridized carbons (Fsp3) is 0.600. The van der Waals surface area contributed by atoms with E-state index in [1.54, 1.807) is 12.1 Å². The molecule has 1 saturated carbocycles. The van der Waals surface area contributed by atoms with Crippen molar-refractivity contribution >= 4 is 15.9 Å². The fourth-order valence-corrected chi connectivity index (χ4v) is 5.41. The molecule has 1 N–H and O–H groups in total. The molecule has 2 fully saturated rings. The first-order valence-corrected chi connectivity index (χ1v) is 11.2. The summed E-state index contributed by atoms with van der Waals surface area (Å²) in [6.45, 7) is 5.76. The van der Waals surface area contributed by atoms with Crippen LogP contribution in [0.2, 0.25) is 0 Å². The molecule has 1 saturated heterocycles. The standard InChI is InChI=1S/C20H28N4O3S/c1-16-5-6-18(13-17(16)2)28(26,27)24-11-9-23(10-12-24)14-19(25)22-20(15-21)7-3-4-8-20/h5-6,13H,3-4,7-12,14H2,1-2H3,(H,22,25). The smallest absolute Gasteiger partial charge is 0.243 e. The van der Waals surface area contributed by atoms with E-state index in [1.807, 2.05) is 24.8 Å². The van der Waals surface area contributed by atoms with E-state index < -0.39 is 15.6 Å². The normalized spacial score (nSPS) is 20.6. The summed E-state index contributed by atoms with van der Waals surface area (Å²) in [6.07, 6.45) is 3.33. The van der Waals surface area contributed by atoms with Crippen molar-refractivity contribution < 1.29 is 13.2 Å². The molecule has 0 unspecified atom stereocenters. The van der Waals surface area contributed by atoms with Crippen molar-refractivity contribution in [2.24, 2.45) is 0 Å². The third-order valence-corrected chi connectivity index (χ3v) is 7.76. The first-order chi connectivity index (χ1) is 13.3. The number of nitriles is 1. The van der Waals surface area contributed by atoms with E-state index in [-0.39, 0.29) is 12.5 Å². The lowest BCUT2D eigenvalue weighted by Gasteiger charge is -2.34. The Hall–Kier alpha value is -1.95. The Morgan fingerprint density at radius 1 is 1.14 bits per heavy atom. The Morgan fingerprint density at radius 3 is 2.36 bits per heavy atom. The van der Waals surface area contributed by atoms with Crippen LogP contribution in [0.3, 0.4) is 0 Å². The number of nitrogens with zero attached hydrogens (tertiary/aromatic N) is 3. The second kappa shape index (κ2) is 8.19. The van der Waals surface area contributed by atoms with Crippen LogP contribution in [-0.2, 0) is 14.8 Å². The Bertz CT molecular complexity index is 877. The molecule has 28 heavy (non-hydrogen) atoms. The monoisotopic (exact) mass is 404 g/mol. The molecule has 8 heteroatoms. The number of carbonyl (C=O) groups excluding carboxylic acids is 1. The van der Waals surface area contributed by atoms with E-state index in [1.165, 1.54) is 4.31 Å². The summed E-state index contributed by atoms with van der Waals surface area (Å²) in [4.78, 5) is 14.6. The Kier molecular flexibility index (Phi) is 6.08. The van der Waals surface area contributed by atoms with Gasteiger partial charge in [0.15, 0.2) is 0 Å². The molecule has 0 radical (unpaired) electrons. The molecule has 152 valence electrons. The van der Waals surface area contributed by atoms with Gasteiger partial charge in [-0.3, -0.25) is 9.69 Å². The van der Waals surface area contributed by atoms with Gasteiger partial charge in [-0.25, -0.2) is 8.42 Å². The van der Waals surface area contributed by atoms with Crippen LogP contribution in [0.4, 0.5) is 0 Å². The number of piperazine rings is 1. The highest BCUT2D eigenvalue weighted by Gasteiger charge is 2.36. The van der Waals surface area contributed by atoms with Crippen LogP contribution in [0.5, 0.6) is 0 Å². The second-order valence-electron chi connectivity index (χ2n) is 7.88. The van der Waals surface area contributed by atoms with Gasteiger partial charge in [0.25, 0.3) is 0 Å². The van der Waals surface area contributed by atoms with E-state index in [9.17, 15) is 18.5 Å². The van der Waals surface area contributed by atoms with Crippen LogP contribution in [0.25, 0.3) is 0 Å². The molecule has 3 rings (SSSR count). The van der Waals surface area contributed by atoms with Crippen molar-refractivity contribution in [1.29, 1.82) is 5.26 Å². The molecule has 0 bridgehead atoms.